The largest absolute Gasteiger partial charge is 0.336 e. The maximum absolute atomic E-state index is 12.6. The number of fused-ring (bicyclic) bond motifs is 1. The van der Waals surface area contributed by atoms with Gasteiger partial charge in [0.05, 0.1) is 17.3 Å². The highest BCUT2D eigenvalue weighted by Crippen LogP contribution is 2.14. The first-order valence-corrected chi connectivity index (χ1v) is 6.58. The predicted molar refractivity (Wildman–Crippen MR) is 75.0 cm³/mol. The van der Waals surface area contributed by atoms with Gasteiger partial charge in [0.25, 0.3) is 5.91 Å². The maximum atomic E-state index is 12.6. The molecule has 0 saturated carbocycles. The molecule has 2 heterocycles. The van der Waals surface area contributed by atoms with Gasteiger partial charge >= 0.3 is 0 Å². The molecule has 1 amide bonds. The molecule has 2 aromatic rings. The Labute approximate surface area is 113 Å². The number of aromatic nitrogens is 2. The average molecular weight is 260 g/mol. The second kappa shape index (κ2) is 5.84. The molecule has 2 N–H and O–H groups in total. The first-order chi connectivity index (χ1) is 9.15. The summed E-state index contributed by atoms with van der Waals surface area (Å²) < 4.78 is 1.72. The molecule has 0 fully saturated rings. The van der Waals surface area contributed by atoms with E-state index in [-0.39, 0.29) is 11.9 Å². The summed E-state index contributed by atoms with van der Waals surface area (Å²) in [5.74, 6) is 0.0182. The van der Waals surface area contributed by atoms with Crippen molar-refractivity contribution >= 4 is 11.4 Å². The molecular formula is C14H20N4O. The molecule has 102 valence electrons. The van der Waals surface area contributed by atoms with E-state index < -0.39 is 0 Å². The summed E-state index contributed by atoms with van der Waals surface area (Å²) in [7, 11) is 0. The summed E-state index contributed by atoms with van der Waals surface area (Å²) in [6, 6.07) is 5.86. The Kier molecular flexibility index (Phi) is 4.16. The topological polar surface area (TPSA) is 63.6 Å². The van der Waals surface area contributed by atoms with E-state index in [9.17, 15) is 4.79 Å². The molecule has 0 aliphatic carbocycles. The molecule has 19 heavy (non-hydrogen) atoms. The van der Waals surface area contributed by atoms with Crippen LogP contribution in [0.25, 0.3) is 5.52 Å². The average Bonchev–Trinajstić information content (AvgIpc) is 2.82. The number of amides is 1. The highest BCUT2D eigenvalue weighted by Gasteiger charge is 2.21. The third kappa shape index (κ3) is 2.76. The summed E-state index contributed by atoms with van der Waals surface area (Å²) >= 11 is 0. The molecule has 5 heteroatoms. The fourth-order valence-corrected chi connectivity index (χ4v) is 2.11. The molecule has 0 spiro atoms. The second-order valence-corrected chi connectivity index (χ2v) is 4.82. The van der Waals surface area contributed by atoms with Gasteiger partial charge in [0.1, 0.15) is 0 Å². The number of hydrogen-bond acceptors (Lipinski definition) is 3. The van der Waals surface area contributed by atoms with Crippen LogP contribution in [0.4, 0.5) is 0 Å². The lowest BCUT2D eigenvalue weighted by atomic mass is 10.2. The minimum absolute atomic E-state index is 0.0182. The molecule has 0 bridgehead atoms. The van der Waals surface area contributed by atoms with Crippen molar-refractivity contribution in [2.45, 2.75) is 26.3 Å². The van der Waals surface area contributed by atoms with Gasteiger partial charge in [0.2, 0.25) is 0 Å². The molecule has 5 nitrogen and oxygen atoms in total. The summed E-state index contributed by atoms with van der Waals surface area (Å²) in [6.07, 6.45) is 4.28. The third-order valence-electron chi connectivity index (χ3n) is 3.14. The summed E-state index contributed by atoms with van der Waals surface area (Å²) in [5.41, 5.74) is 7.02. The van der Waals surface area contributed by atoms with Crippen molar-refractivity contribution in [3.8, 4) is 0 Å². The second-order valence-electron chi connectivity index (χ2n) is 4.82. The van der Waals surface area contributed by atoms with Gasteiger partial charge in [-0.05, 0) is 38.9 Å². The van der Waals surface area contributed by atoms with E-state index in [1.54, 1.807) is 10.7 Å². The van der Waals surface area contributed by atoms with Crippen molar-refractivity contribution in [1.29, 1.82) is 0 Å². The van der Waals surface area contributed by atoms with E-state index in [2.05, 4.69) is 5.10 Å². The smallest absolute Gasteiger partial charge is 0.257 e. The van der Waals surface area contributed by atoms with Gasteiger partial charge in [-0.25, -0.2) is 4.52 Å². The van der Waals surface area contributed by atoms with Crippen LogP contribution >= 0.6 is 0 Å². The van der Waals surface area contributed by atoms with Gasteiger partial charge in [-0.2, -0.15) is 5.10 Å². The Bertz CT molecular complexity index is 561. The number of hydrogen-bond donors (Lipinski definition) is 1. The number of carbonyl (C=O) groups is 1. The molecule has 0 aliphatic heterocycles. The monoisotopic (exact) mass is 260 g/mol. The van der Waals surface area contributed by atoms with E-state index in [1.807, 2.05) is 43.1 Å². The highest BCUT2D eigenvalue weighted by atomic mass is 16.2. The van der Waals surface area contributed by atoms with Crippen LogP contribution in [0.5, 0.6) is 0 Å². The van der Waals surface area contributed by atoms with E-state index >= 15 is 0 Å². The minimum Gasteiger partial charge on any atom is -0.336 e. The maximum Gasteiger partial charge on any atom is 0.257 e. The fraction of sp³-hybridized carbons (Fsp3) is 0.429. The van der Waals surface area contributed by atoms with Gasteiger partial charge in [0.15, 0.2) is 0 Å². The lowest BCUT2D eigenvalue weighted by molar-refractivity contribution is 0.0707. The molecular weight excluding hydrogens is 240 g/mol. The van der Waals surface area contributed by atoms with E-state index in [1.165, 1.54) is 0 Å². The van der Waals surface area contributed by atoms with E-state index in [4.69, 9.17) is 5.73 Å². The van der Waals surface area contributed by atoms with Crippen LogP contribution in [0.2, 0.25) is 0 Å². The Hall–Kier alpha value is -1.88. The van der Waals surface area contributed by atoms with Gasteiger partial charge < -0.3 is 10.6 Å². The normalized spacial score (nSPS) is 11.2. The summed E-state index contributed by atoms with van der Waals surface area (Å²) in [5, 5.41) is 4.21. The number of pyridine rings is 1. The third-order valence-corrected chi connectivity index (χ3v) is 3.14. The Morgan fingerprint density at radius 1 is 1.47 bits per heavy atom. The number of rotatable bonds is 5. The van der Waals surface area contributed by atoms with Crippen molar-refractivity contribution in [2.24, 2.45) is 5.73 Å². The number of nitrogens with two attached hydrogens (primary N) is 1. The van der Waals surface area contributed by atoms with Crippen LogP contribution in [0, 0.1) is 0 Å². The number of carbonyl (C=O) groups excluding carboxylic acids is 1. The zero-order valence-electron chi connectivity index (χ0n) is 11.4. The van der Waals surface area contributed by atoms with Crippen LogP contribution in [0.1, 0.15) is 30.6 Å². The Morgan fingerprint density at radius 3 is 2.95 bits per heavy atom. The van der Waals surface area contributed by atoms with Crippen LogP contribution in [-0.2, 0) is 0 Å². The molecule has 2 aromatic heterocycles. The fourth-order valence-electron chi connectivity index (χ4n) is 2.11. The highest BCUT2D eigenvalue weighted by molar-refractivity contribution is 6.00. The van der Waals surface area contributed by atoms with Gasteiger partial charge in [-0.3, -0.25) is 4.79 Å². The summed E-state index contributed by atoms with van der Waals surface area (Å²) in [4.78, 5) is 14.4. The van der Waals surface area contributed by atoms with Gasteiger partial charge in [0, 0.05) is 18.8 Å². The van der Waals surface area contributed by atoms with Gasteiger partial charge in [-0.15, -0.1) is 0 Å². The summed E-state index contributed by atoms with van der Waals surface area (Å²) in [6.45, 7) is 5.29. The zero-order valence-corrected chi connectivity index (χ0v) is 11.4. The first-order valence-electron chi connectivity index (χ1n) is 6.58. The van der Waals surface area contributed by atoms with Crippen LogP contribution in [0.15, 0.2) is 30.6 Å². The van der Waals surface area contributed by atoms with Crippen molar-refractivity contribution in [3.05, 3.63) is 36.2 Å². The van der Waals surface area contributed by atoms with Crippen molar-refractivity contribution in [2.75, 3.05) is 13.1 Å². The molecule has 0 radical (unpaired) electrons. The standard InChI is InChI=1S/C14H20N4O/c1-11(2)17(8-5-7-15)14(19)12-10-16-18-9-4-3-6-13(12)18/h3-4,6,9-11H,5,7-8,15H2,1-2H3. The first kappa shape index (κ1) is 13.5. The molecule has 0 atom stereocenters. The Morgan fingerprint density at radius 2 is 2.26 bits per heavy atom. The van der Waals surface area contributed by atoms with Crippen LogP contribution < -0.4 is 5.73 Å². The predicted octanol–water partition coefficient (Wildman–Crippen LogP) is 1.53. The SMILES string of the molecule is CC(C)N(CCCN)C(=O)c1cnn2ccccc12. The van der Waals surface area contributed by atoms with Crippen molar-refractivity contribution in [1.82, 2.24) is 14.5 Å². The molecule has 0 aliphatic rings. The van der Waals surface area contributed by atoms with Crippen LogP contribution in [-0.4, -0.2) is 39.6 Å². The number of nitrogens with zero attached hydrogens (tertiary/aromatic N) is 3. The van der Waals surface area contributed by atoms with Crippen molar-refractivity contribution < 1.29 is 4.79 Å². The van der Waals surface area contributed by atoms with E-state index in [0.29, 0.717) is 18.7 Å². The molecule has 0 saturated heterocycles. The van der Waals surface area contributed by atoms with Crippen LogP contribution in [0.3, 0.4) is 0 Å². The van der Waals surface area contributed by atoms with E-state index in [0.717, 1.165) is 11.9 Å². The molecule has 0 aromatic carbocycles. The molecule has 0 unspecified atom stereocenters. The lowest BCUT2D eigenvalue weighted by Gasteiger charge is -2.26. The minimum atomic E-state index is 0.0182. The van der Waals surface area contributed by atoms with Crippen molar-refractivity contribution in [3.63, 3.8) is 0 Å². The zero-order chi connectivity index (χ0) is 13.8. The lowest BCUT2D eigenvalue weighted by Crippen LogP contribution is -2.38. The molecule has 2 rings (SSSR count). The quantitative estimate of drug-likeness (QED) is 0.886. The van der Waals surface area contributed by atoms with Gasteiger partial charge in [-0.1, -0.05) is 6.07 Å². The Balaban J connectivity index is 2.30.